The zero-order valence-electron chi connectivity index (χ0n) is 20.5. The SMILES string of the molecule is CC(C)(C)C1(C)CCN(CCS(=O)(=O)CCC(C)(C)C23CC2CN(C2CCC2)C3)C1. The highest BCUT2D eigenvalue weighted by Crippen LogP contribution is 2.68. The Kier molecular flexibility index (Phi) is 5.72. The third-order valence-electron chi connectivity index (χ3n) is 10.2. The van der Waals surface area contributed by atoms with Crippen LogP contribution in [-0.2, 0) is 9.84 Å². The summed E-state index contributed by atoms with van der Waals surface area (Å²) in [5.74, 6) is 1.51. The normalized spacial score (nSPS) is 36.1. The predicted molar refractivity (Wildman–Crippen MR) is 125 cm³/mol. The van der Waals surface area contributed by atoms with E-state index in [4.69, 9.17) is 0 Å². The number of rotatable bonds is 8. The van der Waals surface area contributed by atoms with Gasteiger partial charge in [0, 0.05) is 32.2 Å². The van der Waals surface area contributed by atoms with Gasteiger partial charge in [-0.2, -0.15) is 0 Å². The molecule has 0 aromatic heterocycles. The van der Waals surface area contributed by atoms with Crippen LogP contribution in [0.2, 0.25) is 0 Å². The van der Waals surface area contributed by atoms with Gasteiger partial charge in [0.1, 0.15) is 0 Å². The average Bonchev–Trinajstić information content (AvgIpc) is 2.95. The van der Waals surface area contributed by atoms with Crippen molar-refractivity contribution in [2.45, 2.75) is 86.1 Å². The van der Waals surface area contributed by atoms with Crippen molar-refractivity contribution in [2.75, 3.05) is 44.2 Å². The van der Waals surface area contributed by atoms with E-state index in [1.165, 1.54) is 45.2 Å². The Balaban J connectivity index is 1.26. The molecule has 0 bridgehead atoms. The second kappa shape index (κ2) is 7.45. The monoisotopic (exact) mass is 438 g/mol. The molecule has 0 amide bonds. The molecular formula is C25H46N2O2S. The summed E-state index contributed by atoms with van der Waals surface area (Å²) < 4.78 is 25.8. The number of piperidine rings is 1. The van der Waals surface area contributed by atoms with E-state index in [-0.39, 0.29) is 16.2 Å². The van der Waals surface area contributed by atoms with Crippen molar-refractivity contribution in [3.63, 3.8) is 0 Å². The number of fused-ring (bicyclic) bond motifs is 1. The fraction of sp³-hybridized carbons (Fsp3) is 1.00. The molecular weight excluding hydrogens is 392 g/mol. The zero-order chi connectivity index (χ0) is 22.0. The lowest BCUT2D eigenvalue weighted by molar-refractivity contribution is 0.0975. The van der Waals surface area contributed by atoms with Crippen molar-refractivity contribution in [3.8, 4) is 0 Å². The summed E-state index contributed by atoms with van der Waals surface area (Å²) in [5, 5.41) is 0. The summed E-state index contributed by atoms with van der Waals surface area (Å²) in [6, 6.07) is 0.827. The number of nitrogens with zero attached hydrogens (tertiary/aromatic N) is 2. The summed E-state index contributed by atoms with van der Waals surface area (Å²) in [7, 11) is -2.99. The van der Waals surface area contributed by atoms with Gasteiger partial charge in [-0.05, 0) is 66.2 Å². The maximum atomic E-state index is 12.9. The number of sulfone groups is 1. The fourth-order valence-corrected chi connectivity index (χ4v) is 8.05. The standard InChI is InChI=1S/C25H46N2O2S/c1-22(2,3)24(6)10-12-26(18-24)13-15-30(28,29)14-11-23(4,5)25-16-20(25)17-27(19-25)21-8-7-9-21/h20-21H,7-19H2,1-6H3. The Hall–Kier alpha value is -0.130. The molecule has 0 N–H and O–H groups in total. The van der Waals surface area contributed by atoms with Crippen LogP contribution in [0.4, 0.5) is 0 Å². The van der Waals surface area contributed by atoms with E-state index in [1.807, 2.05) is 0 Å². The van der Waals surface area contributed by atoms with Crippen molar-refractivity contribution in [1.29, 1.82) is 0 Å². The molecule has 5 heteroatoms. The topological polar surface area (TPSA) is 40.6 Å². The molecule has 174 valence electrons. The molecule has 3 unspecified atom stereocenters. The van der Waals surface area contributed by atoms with Gasteiger partial charge >= 0.3 is 0 Å². The van der Waals surface area contributed by atoms with Gasteiger partial charge in [0.05, 0.1) is 11.5 Å². The molecule has 2 heterocycles. The second-order valence-corrected chi connectivity index (χ2v) is 15.5. The highest BCUT2D eigenvalue weighted by Gasteiger charge is 2.67. The maximum absolute atomic E-state index is 12.9. The molecule has 4 nitrogen and oxygen atoms in total. The minimum Gasteiger partial charge on any atom is -0.302 e. The van der Waals surface area contributed by atoms with E-state index in [0.717, 1.165) is 31.5 Å². The van der Waals surface area contributed by atoms with Gasteiger partial charge in [-0.3, -0.25) is 4.90 Å². The van der Waals surface area contributed by atoms with Gasteiger partial charge in [-0.15, -0.1) is 0 Å². The Morgan fingerprint density at radius 1 is 1.03 bits per heavy atom. The van der Waals surface area contributed by atoms with Crippen molar-refractivity contribution in [2.24, 2.45) is 27.6 Å². The van der Waals surface area contributed by atoms with Crippen LogP contribution in [0.3, 0.4) is 0 Å². The van der Waals surface area contributed by atoms with E-state index in [1.54, 1.807) is 0 Å². The molecule has 30 heavy (non-hydrogen) atoms. The first kappa shape index (κ1) is 23.0. The molecule has 3 atom stereocenters. The molecule has 2 saturated carbocycles. The van der Waals surface area contributed by atoms with Crippen LogP contribution in [0, 0.1) is 27.6 Å². The zero-order valence-corrected chi connectivity index (χ0v) is 21.3. The second-order valence-electron chi connectivity index (χ2n) is 13.2. The Morgan fingerprint density at radius 3 is 2.30 bits per heavy atom. The van der Waals surface area contributed by atoms with Crippen LogP contribution in [0.15, 0.2) is 0 Å². The summed E-state index contributed by atoms with van der Waals surface area (Å²) in [6.07, 6.45) is 7.47. The van der Waals surface area contributed by atoms with Gasteiger partial charge in [0.25, 0.3) is 0 Å². The van der Waals surface area contributed by atoms with Crippen molar-refractivity contribution >= 4 is 9.84 Å². The minimum absolute atomic E-state index is 0.127. The summed E-state index contributed by atoms with van der Waals surface area (Å²) in [4.78, 5) is 5.12. The van der Waals surface area contributed by atoms with Crippen LogP contribution < -0.4 is 0 Å². The first-order chi connectivity index (χ1) is 13.8. The quantitative estimate of drug-likeness (QED) is 0.561. The highest BCUT2D eigenvalue weighted by atomic mass is 32.2. The summed E-state index contributed by atoms with van der Waals surface area (Å²) in [6.45, 7) is 19.3. The summed E-state index contributed by atoms with van der Waals surface area (Å²) in [5.41, 5.74) is 1.07. The molecule has 4 rings (SSSR count). The molecule has 0 spiro atoms. The van der Waals surface area contributed by atoms with Crippen LogP contribution in [-0.4, -0.2) is 68.5 Å². The lowest BCUT2D eigenvalue weighted by Crippen LogP contribution is -2.42. The number of hydrogen-bond donors (Lipinski definition) is 0. The first-order valence-corrected chi connectivity index (χ1v) is 14.3. The van der Waals surface area contributed by atoms with Crippen LogP contribution in [0.1, 0.15) is 80.1 Å². The minimum atomic E-state index is -2.99. The Labute approximate surface area is 186 Å². The van der Waals surface area contributed by atoms with Crippen molar-refractivity contribution in [1.82, 2.24) is 9.80 Å². The van der Waals surface area contributed by atoms with E-state index in [0.29, 0.717) is 23.5 Å². The number of hydrogen-bond acceptors (Lipinski definition) is 4. The largest absolute Gasteiger partial charge is 0.302 e. The smallest absolute Gasteiger partial charge is 0.151 e. The molecule has 4 fully saturated rings. The Morgan fingerprint density at radius 2 is 1.73 bits per heavy atom. The molecule has 2 saturated heterocycles. The van der Waals surface area contributed by atoms with E-state index < -0.39 is 9.84 Å². The van der Waals surface area contributed by atoms with E-state index in [2.05, 4.69) is 51.3 Å². The molecule has 2 aliphatic carbocycles. The lowest BCUT2D eigenvalue weighted by atomic mass is 9.67. The first-order valence-electron chi connectivity index (χ1n) is 12.4. The third kappa shape index (κ3) is 4.12. The van der Waals surface area contributed by atoms with Crippen LogP contribution >= 0.6 is 0 Å². The van der Waals surface area contributed by atoms with Gasteiger partial charge in [-0.25, -0.2) is 8.42 Å². The van der Waals surface area contributed by atoms with Gasteiger partial charge < -0.3 is 4.90 Å². The van der Waals surface area contributed by atoms with Gasteiger partial charge in [-0.1, -0.05) is 48.0 Å². The van der Waals surface area contributed by atoms with Crippen molar-refractivity contribution in [3.05, 3.63) is 0 Å². The van der Waals surface area contributed by atoms with Gasteiger partial charge in [0.15, 0.2) is 9.84 Å². The highest BCUT2D eigenvalue weighted by molar-refractivity contribution is 7.91. The lowest BCUT2D eigenvalue weighted by Gasteiger charge is -2.40. The number of likely N-dealkylation sites (tertiary alicyclic amines) is 2. The molecule has 4 aliphatic rings. The van der Waals surface area contributed by atoms with Crippen LogP contribution in [0.5, 0.6) is 0 Å². The van der Waals surface area contributed by atoms with Crippen LogP contribution in [0.25, 0.3) is 0 Å². The molecule has 0 aromatic carbocycles. The molecule has 0 radical (unpaired) electrons. The van der Waals surface area contributed by atoms with Gasteiger partial charge in [0.2, 0.25) is 0 Å². The molecule has 0 aromatic rings. The maximum Gasteiger partial charge on any atom is 0.151 e. The molecule has 2 aliphatic heterocycles. The predicted octanol–water partition coefficient (Wildman–Crippen LogP) is 4.45. The Bertz CT molecular complexity index is 752. The fourth-order valence-electron chi connectivity index (χ4n) is 6.49. The van der Waals surface area contributed by atoms with Crippen molar-refractivity contribution < 1.29 is 8.42 Å². The van der Waals surface area contributed by atoms with E-state index in [9.17, 15) is 8.42 Å². The summed E-state index contributed by atoms with van der Waals surface area (Å²) >= 11 is 0. The average molecular weight is 439 g/mol. The third-order valence-corrected chi connectivity index (χ3v) is 11.9. The van der Waals surface area contributed by atoms with E-state index >= 15 is 0 Å².